The highest BCUT2D eigenvalue weighted by Gasteiger charge is 2.04. The van der Waals surface area contributed by atoms with Gasteiger partial charge < -0.3 is 9.84 Å². The summed E-state index contributed by atoms with van der Waals surface area (Å²) in [6.07, 6.45) is 1.79. The molecule has 2 N–H and O–H groups in total. The Morgan fingerprint density at radius 3 is 3.00 bits per heavy atom. The number of hydrogen-bond donors (Lipinski definition) is 2. The van der Waals surface area contributed by atoms with Crippen LogP contribution in [0.3, 0.4) is 0 Å². The molecule has 16 heavy (non-hydrogen) atoms. The van der Waals surface area contributed by atoms with Crippen molar-refractivity contribution in [2.75, 3.05) is 13.2 Å². The maximum atomic E-state index is 8.68. The van der Waals surface area contributed by atoms with E-state index in [9.17, 15) is 0 Å². The summed E-state index contributed by atoms with van der Waals surface area (Å²) >= 11 is 0. The van der Waals surface area contributed by atoms with Crippen molar-refractivity contribution < 1.29 is 9.84 Å². The molecule has 0 amide bonds. The zero-order valence-corrected chi connectivity index (χ0v) is 9.10. The highest BCUT2D eigenvalue weighted by Crippen LogP contribution is 2.25. The van der Waals surface area contributed by atoms with E-state index in [0.29, 0.717) is 6.61 Å². The Morgan fingerprint density at radius 1 is 1.44 bits per heavy atom. The van der Waals surface area contributed by atoms with Crippen LogP contribution in [0.4, 0.5) is 0 Å². The molecule has 1 aromatic heterocycles. The Balaban J connectivity index is 2.26. The fourth-order valence-corrected chi connectivity index (χ4v) is 1.56. The maximum absolute atomic E-state index is 8.68. The van der Waals surface area contributed by atoms with E-state index in [1.165, 1.54) is 0 Å². The van der Waals surface area contributed by atoms with Crippen LogP contribution in [0.15, 0.2) is 30.5 Å². The second-order valence-corrected chi connectivity index (χ2v) is 3.51. The van der Waals surface area contributed by atoms with Crippen LogP contribution in [0, 0.1) is 6.92 Å². The van der Waals surface area contributed by atoms with Crippen LogP contribution in [0.5, 0.6) is 5.75 Å². The van der Waals surface area contributed by atoms with Gasteiger partial charge in [-0.05, 0) is 24.6 Å². The lowest BCUT2D eigenvalue weighted by atomic mass is 10.1. The Kier molecular flexibility index (Phi) is 3.22. The summed E-state index contributed by atoms with van der Waals surface area (Å²) < 4.78 is 5.35. The van der Waals surface area contributed by atoms with Gasteiger partial charge in [-0.25, -0.2) is 0 Å². The van der Waals surface area contributed by atoms with Crippen molar-refractivity contribution in [2.45, 2.75) is 6.92 Å². The minimum absolute atomic E-state index is 0.0228. The number of ether oxygens (including phenoxy) is 1. The predicted molar refractivity (Wildman–Crippen MR) is 61.3 cm³/mol. The Labute approximate surface area is 93.9 Å². The summed E-state index contributed by atoms with van der Waals surface area (Å²) in [6, 6.07) is 7.74. The first kappa shape index (κ1) is 10.7. The average Bonchev–Trinajstić information content (AvgIpc) is 2.73. The number of aliphatic hydroxyl groups is 1. The van der Waals surface area contributed by atoms with Crippen molar-refractivity contribution in [3.63, 3.8) is 0 Å². The lowest BCUT2D eigenvalue weighted by Gasteiger charge is -2.06. The molecule has 4 heteroatoms. The molecule has 0 aliphatic heterocycles. The van der Waals surface area contributed by atoms with E-state index >= 15 is 0 Å². The van der Waals surface area contributed by atoms with Gasteiger partial charge in [0.2, 0.25) is 0 Å². The quantitative estimate of drug-likeness (QED) is 0.822. The number of aryl methyl sites for hydroxylation is 1. The number of aliphatic hydroxyl groups excluding tert-OH is 1. The summed E-state index contributed by atoms with van der Waals surface area (Å²) in [5.74, 6) is 0.757. The SMILES string of the molecule is Cc1[nH]ncc1-c1cccc(OCCO)c1. The fourth-order valence-electron chi connectivity index (χ4n) is 1.56. The minimum Gasteiger partial charge on any atom is -0.491 e. The summed E-state index contributed by atoms with van der Waals surface area (Å²) in [5.41, 5.74) is 3.15. The van der Waals surface area contributed by atoms with Gasteiger partial charge in [0, 0.05) is 11.3 Å². The number of aromatic amines is 1. The van der Waals surface area contributed by atoms with E-state index in [1.54, 1.807) is 6.20 Å². The molecule has 0 aliphatic rings. The topological polar surface area (TPSA) is 58.1 Å². The Morgan fingerprint density at radius 2 is 2.31 bits per heavy atom. The first-order valence-corrected chi connectivity index (χ1v) is 5.15. The zero-order valence-electron chi connectivity index (χ0n) is 9.10. The molecule has 4 nitrogen and oxygen atoms in total. The third-order valence-corrected chi connectivity index (χ3v) is 2.33. The van der Waals surface area contributed by atoms with E-state index in [1.807, 2.05) is 31.2 Å². The van der Waals surface area contributed by atoms with Crippen molar-refractivity contribution in [2.24, 2.45) is 0 Å². The van der Waals surface area contributed by atoms with E-state index in [4.69, 9.17) is 9.84 Å². The van der Waals surface area contributed by atoms with Crippen LogP contribution < -0.4 is 4.74 Å². The van der Waals surface area contributed by atoms with Gasteiger partial charge in [-0.3, -0.25) is 5.10 Å². The van der Waals surface area contributed by atoms with Crippen molar-refractivity contribution >= 4 is 0 Å². The standard InChI is InChI=1S/C12H14N2O2/c1-9-12(8-13-14-9)10-3-2-4-11(7-10)16-6-5-15/h2-4,7-8,15H,5-6H2,1H3,(H,13,14). The molecule has 2 rings (SSSR count). The number of hydrogen-bond acceptors (Lipinski definition) is 3. The Hall–Kier alpha value is -1.81. The molecule has 2 aromatic rings. The highest BCUT2D eigenvalue weighted by molar-refractivity contribution is 5.66. The molecule has 0 atom stereocenters. The summed E-state index contributed by atoms with van der Waals surface area (Å²) in [5, 5.41) is 15.6. The highest BCUT2D eigenvalue weighted by atomic mass is 16.5. The molecule has 1 aromatic carbocycles. The monoisotopic (exact) mass is 218 g/mol. The number of H-pyrrole nitrogens is 1. The van der Waals surface area contributed by atoms with Gasteiger partial charge in [-0.2, -0.15) is 5.10 Å². The minimum atomic E-state index is 0.0228. The molecular formula is C12H14N2O2. The predicted octanol–water partition coefficient (Wildman–Crippen LogP) is 1.76. The number of rotatable bonds is 4. The lowest BCUT2D eigenvalue weighted by molar-refractivity contribution is 0.201. The maximum Gasteiger partial charge on any atom is 0.120 e. The third-order valence-electron chi connectivity index (χ3n) is 2.33. The van der Waals surface area contributed by atoms with Crippen molar-refractivity contribution in [3.8, 4) is 16.9 Å². The van der Waals surface area contributed by atoms with Crippen molar-refractivity contribution in [1.29, 1.82) is 0 Å². The smallest absolute Gasteiger partial charge is 0.120 e. The van der Waals surface area contributed by atoms with Crippen LogP contribution in [-0.2, 0) is 0 Å². The van der Waals surface area contributed by atoms with E-state index in [0.717, 1.165) is 22.6 Å². The zero-order chi connectivity index (χ0) is 11.4. The van der Waals surface area contributed by atoms with E-state index in [2.05, 4.69) is 10.2 Å². The van der Waals surface area contributed by atoms with Crippen LogP contribution in [0.25, 0.3) is 11.1 Å². The van der Waals surface area contributed by atoms with Gasteiger partial charge in [0.25, 0.3) is 0 Å². The van der Waals surface area contributed by atoms with Gasteiger partial charge in [0.15, 0.2) is 0 Å². The van der Waals surface area contributed by atoms with E-state index < -0.39 is 0 Å². The normalized spacial score (nSPS) is 10.4. The first-order valence-electron chi connectivity index (χ1n) is 5.15. The van der Waals surface area contributed by atoms with Crippen molar-refractivity contribution in [3.05, 3.63) is 36.2 Å². The molecule has 0 aliphatic carbocycles. The molecule has 0 bridgehead atoms. The molecule has 0 unspecified atom stereocenters. The van der Waals surface area contributed by atoms with E-state index in [-0.39, 0.29) is 6.61 Å². The molecule has 0 saturated heterocycles. The number of nitrogens with one attached hydrogen (secondary N) is 1. The fraction of sp³-hybridized carbons (Fsp3) is 0.250. The summed E-state index contributed by atoms with van der Waals surface area (Å²) in [4.78, 5) is 0. The molecule has 84 valence electrons. The second kappa shape index (κ2) is 4.81. The van der Waals surface area contributed by atoms with Gasteiger partial charge in [-0.15, -0.1) is 0 Å². The van der Waals surface area contributed by atoms with Crippen molar-refractivity contribution in [1.82, 2.24) is 10.2 Å². The molecule has 0 saturated carbocycles. The van der Waals surface area contributed by atoms with Crippen LogP contribution in [-0.4, -0.2) is 28.5 Å². The van der Waals surface area contributed by atoms with Gasteiger partial charge in [-0.1, -0.05) is 12.1 Å². The third kappa shape index (κ3) is 2.23. The summed E-state index contributed by atoms with van der Waals surface area (Å²) in [7, 11) is 0. The molecule has 0 spiro atoms. The Bertz CT molecular complexity index is 466. The lowest BCUT2D eigenvalue weighted by Crippen LogP contribution is -2.01. The second-order valence-electron chi connectivity index (χ2n) is 3.51. The number of aromatic nitrogens is 2. The molecule has 1 heterocycles. The molecule has 0 fully saturated rings. The van der Waals surface area contributed by atoms with Crippen LogP contribution in [0.2, 0.25) is 0 Å². The van der Waals surface area contributed by atoms with Crippen LogP contribution in [0.1, 0.15) is 5.69 Å². The van der Waals surface area contributed by atoms with Gasteiger partial charge >= 0.3 is 0 Å². The van der Waals surface area contributed by atoms with Gasteiger partial charge in [0.1, 0.15) is 12.4 Å². The number of nitrogens with zero attached hydrogens (tertiary/aromatic N) is 1. The molecule has 0 radical (unpaired) electrons. The van der Waals surface area contributed by atoms with Gasteiger partial charge in [0.05, 0.1) is 12.8 Å². The first-order chi connectivity index (χ1) is 7.81. The number of benzene rings is 1. The molecular weight excluding hydrogens is 204 g/mol. The summed E-state index contributed by atoms with van der Waals surface area (Å²) in [6.45, 7) is 2.31. The average molecular weight is 218 g/mol. The van der Waals surface area contributed by atoms with Crippen LogP contribution >= 0.6 is 0 Å². The largest absolute Gasteiger partial charge is 0.491 e.